The van der Waals surface area contributed by atoms with Crippen molar-refractivity contribution in [2.75, 3.05) is 18.5 Å². The maximum atomic E-state index is 13.3. The van der Waals surface area contributed by atoms with E-state index in [4.69, 9.17) is 4.74 Å². The fraction of sp³-hybridized carbons (Fsp3) is 0.355. The topological polar surface area (TPSA) is 162 Å². The fourth-order valence-electron chi connectivity index (χ4n) is 4.86. The van der Waals surface area contributed by atoms with Gasteiger partial charge in [-0.05, 0) is 37.5 Å². The molecule has 2 aliphatic heterocycles. The van der Waals surface area contributed by atoms with Crippen molar-refractivity contribution in [3.63, 3.8) is 0 Å². The summed E-state index contributed by atoms with van der Waals surface area (Å²) in [5.41, 5.74) is 1.54. The molecule has 3 atom stereocenters. The van der Waals surface area contributed by atoms with Gasteiger partial charge in [0.1, 0.15) is 19.2 Å². The number of nitrogens with one attached hydrogen (secondary N) is 2. The van der Waals surface area contributed by atoms with Gasteiger partial charge in [-0.2, -0.15) is 0 Å². The molecule has 0 aromatic heterocycles. The quantitative estimate of drug-likeness (QED) is 0.210. The second-order valence-electron chi connectivity index (χ2n) is 10.7. The zero-order valence-corrected chi connectivity index (χ0v) is 26.4. The molecule has 0 radical (unpaired) electrons. The van der Waals surface area contributed by atoms with Crippen molar-refractivity contribution in [1.82, 2.24) is 15.1 Å². The van der Waals surface area contributed by atoms with Crippen molar-refractivity contribution in [2.24, 2.45) is 0 Å². The number of benzene rings is 2. The summed E-state index contributed by atoms with van der Waals surface area (Å²) in [6, 6.07) is 12.7. The molecule has 1 saturated heterocycles. The van der Waals surface area contributed by atoms with Crippen molar-refractivity contribution in [2.45, 2.75) is 56.2 Å². The van der Waals surface area contributed by atoms with Crippen LogP contribution in [0.5, 0.6) is 0 Å². The summed E-state index contributed by atoms with van der Waals surface area (Å²) in [4.78, 5) is 77.9. The maximum absolute atomic E-state index is 13.3. The molecule has 2 aliphatic rings. The molecule has 2 heterocycles. The van der Waals surface area contributed by atoms with Crippen molar-refractivity contribution >= 4 is 63.0 Å². The first-order chi connectivity index (χ1) is 21.4. The van der Waals surface area contributed by atoms with Crippen LogP contribution in [0.15, 0.2) is 60.8 Å². The van der Waals surface area contributed by atoms with Crippen LogP contribution in [0.3, 0.4) is 0 Å². The number of carbonyl (C=O) groups is 6. The van der Waals surface area contributed by atoms with Crippen LogP contribution in [0.25, 0.3) is 0 Å². The molecule has 2 aromatic rings. The summed E-state index contributed by atoms with van der Waals surface area (Å²) in [5, 5.41) is 14.1. The molecule has 0 aliphatic carbocycles. The van der Waals surface area contributed by atoms with Gasteiger partial charge < -0.3 is 20.1 Å². The number of hydrogen-bond acceptors (Lipinski definition) is 9. The lowest BCUT2D eigenvalue weighted by Gasteiger charge is -2.29. The number of carboxylic acid groups (broad SMARTS) is 1. The zero-order valence-electron chi connectivity index (χ0n) is 24.8. The van der Waals surface area contributed by atoms with Crippen LogP contribution < -0.4 is 10.6 Å². The summed E-state index contributed by atoms with van der Waals surface area (Å²) in [7, 11) is 2.84. The van der Waals surface area contributed by atoms with Gasteiger partial charge in [0.25, 0.3) is 11.8 Å². The van der Waals surface area contributed by atoms with Crippen molar-refractivity contribution in [1.29, 1.82) is 0 Å². The van der Waals surface area contributed by atoms with Crippen molar-refractivity contribution in [3.05, 3.63) is 77.5 Å². The van der Waals surface area contributed by atoms with Crippen molar-refractivity contribution < 1.29 is 38.6 Å². The molecular formula is C31H34N4O8S2. The van der Waals surface area contributed by atoms with Crippen LogP contribution in [0.4, 0.5) is 10.5 Å². The molecule has 14 heteroatoms. The third-order valence-electron chi connectivity index (χ3n) is 7.01. The molecule has 3 N–H and O–H groups in total. The molecule has 238 valence electrons. The number of hydrogen-bond donors (Lipinski definition) is 3. The fourth-order valence-corrected chi connectivity index (χ4v) is 7.09. The molecule has 0 spiro atoms. The first kappa shape index (κ1) is 33.6. The predicted octanol–water partition coefficient (Wildman–Crippen LogP) is 4.29. The second kappa shape index (κ2) is 15.1. The largest absolute Gasteiger partial charge is 0.480 e. The van der Waals surface area contributed by atoms with E-state index < -0.39 is 42.4 Å². The van der Waals surface area contributed by atoms with Gasteiger partial charge in [0.2, 0.25) is 11.8 Å². The maximum Gasteiger partial charge on any atom is 0.411 e. The Labute approximate surface area is 268 Å². The highest BCUT2D eigenvalue weighted by atomic mass is 33.1. The lowest BCUT2D eigenvalue weighted by atomic mass is 10.0. The van der Waals surface area contributed by atoms with Crippen LogP contribution >= 0.6 is 21.6 Å². The molecule has 1 fully saturated rings. The predicted molar refractivity (Wildman–Crippen MR) is 170 cm³/mol. The smallest absolute Gasteiger partial charge is 0.411 e. The molecule has 0 bridgehead atoms. The summed E-state index contributed by atoms with van der Waals surface area (Å²) < 4.78 is 5.36. The number of anilines is 1. The molecule has 4 rings (SSSR count). The molecule has 1 unspecified atom stereocenters. The van der Waals surface area contributed by atoms with E-state index in [9.17, 15) is 33.9 Å². The average molecular weight is 655 g/mol. The van der Waals surface area contributed by atoms with Gasteiger partial charge in [-0.3, -0.25) is 34.2 Å². The van der Waals surface area contributed by atoms with E-state index >= 15 is 0 Å². The number of piperidine rings is 1. The molecular weight excluding hydrogens is 620 g/mol. The van der Waals surface area contributed by atoms with Gasteiger partial charge in [-0.1, -0.05) is 71.5 Å². The number of nitrogens with zero attached hydrogens (tertiary/aromatic N) is 2. The lowest BCUT2D eigenvalue weighted by molar-refractivity contribution is -0.144. The Morgan fingerprint density at radius 2 is 1.78 bits per heavy atom. The van der Waals surface area contributed by atoms with E-state index in [1.165, 1.54) is 44.7 Å². The number of fused-ring (bicyclic) bond motifs is 1. The van der Waals surface area contributed by atoms with E-state index in [0.29, 0.717) is 12.1 Å². The van der Waals surface area contributed by atoms with Gasteiger partial charge in [0, 0.05) is 29.2 Å². The monoisotopic (exact) mass is 654 g/mol. The number of allylic oxidation sites excluding steroid dienone is 1. The van der Waals surface area contributed by atoms with Crippen LogP contribution in [0, 0.1) is 0 Å². The summed E-state index contributed by atoms with van der Waals surface area (Å²) in [6.07, 6.45) is 0.00350. The normalized spacial score (nSPS) is 17.3. The Morgan fingerprint density at radius 1 is 1.07 bits per heavy atom. The highest BCUT2D eigenvalue weighted by Gasteiger charge is 2.45. The van der Waals surface area contributed by atoms with Crippen LogP contribution in [-0.2, 0) is 25.7 Å². The minimum atomic E-state index is -1.09. The van der Waals surface area contributed by atoms with Gasteiger partial charge in [0.05, 0.1) is 16.8 Å². The highest BCUT2D eigenvalue weighted by molar-refractivity contribution is 8.77. The zero-order chi connectivity index (χ0) is 32.7. The first-order valence-electron chi connectivity index (χ1n) is 14.2. The lowest BCUT2D eigenvalue weighted by Crippen LogP contribution is -2.51. The minimum Gasteiger partial charge on any atom is -0.480 e. The Hall–Kier alpha value is -4.30. The summed E-state index contributed by atoms with van der Waals surface area (Å²) in [5.74, 6) is -3.13. The number of amides is 5. The van der Waals surface area contributed by atoms with Crippen molar-refractivity contribution in [3.8, 4) is 0 Å². The molecule has 0 saturated carbocycles. The first-order valence-corrected chi connectivity index (χ1v) is 16.5. The van der Waals surface area contributed by atoms with E-state index in [0.717, 1.165) is 10.5 Å². The van der Waals surface area contributed by atoms with Crippen LogP contribution in [0.1, 0.15) is 59.4 Å². The van der Waals surface area contributed by atoms with Gasteiger partial charge in [0.15, 0.2) is 0 Å². The molecule has 2 aromatic carbocycles. The van der Waals surface area contributed by atoms with Crippen LogP contribution in [0.2, 0.25) is 0 Å². The van der Waals surface area contributed by atoms with Gasteiger partial charge in [-0.15, -0.1) is 0 Å². The third-order valence-corrected chi connectivity index (χ3v) is 10.4. The van der Waals surface area contributed by atoms with E-state index in [1.54, 1.807) is 0 Å². The van der Waals surface area contributed by atoms with E-state index in [1.807, 2.05) is 44.2 Å². The Kier molecular flexibility index (Phi) is 11.3. The Bertz CT molecular complexity index is 1500. The number of imide groups is 1. The van der Waals surface area contributed by atoms with E-state index in [-0.39, 0.29) is 59.2 Å². The standard InChI is InChI=1S/C31H34N4O8S2/c1-18-12-13-24(28(39)32-18)35-29(40)22-10-7-11-23(27(22)30(35)41)33-31(42)43-17-20(3)45-44-19(2)14-25(36)34(16-26(37)38)15-21-8-5-4-6-9-21/h4-11,19-20,24H,1,12-17H2,2-3H3,(H,32,39)(H,33,42)(H,37,38)/t19-,20-,24?/m1/s1. The summed E-state index contributed by atoms with van der Waals surface area (Å²) in [6.45, 7) is 7.25. The average Bonchev–Trinajstić information content (AvgIpc) is 3.25. The third kappa shape index (κ3) is 8.66. The van der Waals surface area contributed by atoms with Crippen LogP contribution in [-0.4, -0.2) is 80.3 Å². The number of carboxylic acids is 1. The van der Waals surface area contributed by atoms with Gasteiger partial charge >= 0.3 is 12.1 Å². The Balaban J connectivity index is 1.26. The number of ether oxygens (including phenoxy) is 1. The SMILES string of the molecule is C=C1CCC(N2C(=O)c3cccc(NC(=O)OC[C@@H](C)SS[C@H](C)CC(=O)N(CC(=O)O)Cc4ccccc4)c3C2=O)C(=O)N1. The molecule has 5 amide bonds. The number of aliphatic carboxylic acids is 1. The summed E-state index contributed by atoms with van der Waals surface area (Å²) >= 11 is 0. The number of carbonyl (C=O) groups excluding carboxylic acids is 5. The molecule has 45 heavy (non-hydrogen) atoms. The van der Waals surface area contributed by atoms with E-state index in [2.05, 4.69) is 17.2 Å². The molecule has 12 nitrogen and oxygen atoms in total. The minimum absolute atomic E-state index is 0.00247. The Morgan fingerprint density at radius 3 is 2.47 bits per heavy atom. The highest BCUT2D eigenvalue weighted by Crippen LogP contribution is 2.34. The second-order valence-corrected chi connectivity index (χ2v) is 13.9. The van der Waals surface area contributed by atoms with Gasteiger partial charge in [-0.25, -0.2) is 4.79 Å². The number of rotatable bonds is 13.